The van der Waals surface area contributed by atoms with E-state index < -0.39 is 0 Å². The van der Waals surface area contributed by atoms with Gasteiger partial charge >= 0.3 is 0 Å². The lowest BCUT2D eigenvalue weighted by Gasteiger charge is -2.32. The Hall–Kier alpha value is -0.190. The monoisotopic (exact) mass is 218 g/mol. The molecule has 0 rings (SSSR count). The van der Waals surface area contributed by atoms with Crippen LogP contribution in [0.1, 0.15) is 27.2 Å². The Morgan fingerprint density at radius 1 is 1.43 bits per heavy atom. The van der Waals surface area contributed by atoms with Gasteiger partial charge in [0.15, 0.2) is 0 Å². The molecule has 0 aromatic carbocycles. The van der Waals surface area contributed by atoms with Crippen molar-refractivity contribution < 1.29 is 4.74 Å². The third-order valence-corrected chi connectivity index (χ3v) is 2.46. The Balaban J connectivity index is 4.07. The summed E-state index contributed by atoms with van der Waals surface area (Å²) in [4.78, 5) is 2.93. The van der Waals surface area contributed by atoms with Gasteiger partial charge in [0.1, 0.15) is 0 Å². The van der Waals surface area contributed by atoms with Gasteiger partial charge < -0.3 is 10.5 Å². The fourth-order valence-corrected chi connectivity index (χ4v) is 1.66. The minimum Gasteiger partial charge on any atom is -0.393 e. The quantitative estimate of drug-likeness (QED) is 0.656. The number of hydrogen-bond donors (Lipinski definition) is 1. The molecular formula is C10H22N2OS. The summed E-state index contributed by atoms with van der Waals surface area (Å²) < 4.78 is 5.14. The number of rotatable bonds is 7. The maximum absolute atomic E-state index is 5.49. The van der Waals surface area contributed by atoms with Gasteiger partial charge in [-0.2, -0.15) is 0 Å². The van der Waals surface area contributed by atoms with E-state index >= 15 is 0 Å². The molecule has 14 heavy (non-hydrogen) atoms. The second kappa shape index (κ2) is 7.15. The Bertz CT molecular complexity index is 174. The van der Waals surface area contributed by atoms with E-state index in [1.165, 1.54) is 0 Å². The average Bonchev–Trinajstić information content (AvgIpc) is 2.03. The number of nitrogens with two attached hydrogens (primary N) is 1. The van der Waals surface area contributed by atoms with Gasteiger partial charge in [-0.1, -0.05) is 12.2 Å². The van der Waals surface area contributed by atoms with Crippen LogP contribution in [-0.4, -0.2) is 42.2 Å². The first-order chi connectivity index (χ1) is 6.49. The van der Waals surface area contributed by atoms with Gasteiger partial charge in [0.2, 0.25) is 0 Å². The molecule has 0 bridgehead atoms. The molecule has 4 heteroatoms. The Morgan fingerprint density at radius 3 is 2.36 bits per heavy atom. The van der Waals surface area contributed by atoms with Crippen molar-refractivity contribution in [1.29, 1.82) is 0 Å². The van der Waals surface area contributed by atoms with Gasteiger partial charge in [0.25, 0.3) is 0 Å². The number of nitrogens with zero attached hydrogens (tertiary/aromatic N) is 1. The first kappa shape index (κ1) is 13.8. The fourth-order valence-electron chi connectivity index (χ4n) is 1.56. The molecule has 0 aliphatic heterocycles. The van der Waals surface area contributed by atoms with Crippen LogP contribution in [0.15, 0.2) is 0 Å². The largest absolute Gasteiger partial charge is 0.393 e. The highest BCUT2D eigenvalue weighted by atomic mass is 32.1. The first-order valence-corrected chi connectivity index (χ1v) is 5.42. The predicted molar refractivity (Wildman–Crippen MR) is 64.6 cm³/mol. The second-order valence-corrected chi connectivity index (χ2v) is 4.38. The van der Waals surface area contributed by atoms with Crippen LogP contribution in [0.2, 0.25) is 0 Å². The standard InChI is InChI=1S/C10H22N2OS/c1-8(2)12(6-5-10(11)14)9(3)7-13-4/h8-9H,5-7H2,1-4H3,(H2,11,14). The molecule has 0 amide bonds. The van der Waals surface area contributed by atoms with E-state index in [4.69, 9.17) is 22.7 Å². The highest BCUT2D eigenvalue weighted by molar-refractivity contribution is 7.80. The van der Waals surface area contributed by atoms with Gasteiger partial charge in [0, 0.05) is 32.2 Å². The summed E-state index contributed by atoms with van der Waals surface area (Å²) in [5.41, 5.74) is 5.49. The van der Waals surface area contributed by atoms with Crippen LogP contribution in [-0.2, 0) is 4.74 Å². The minimum atomic E-state index is 0.411. The molecule has 3 nitrogen and oxygen atoms in total. The van der Waals surface area contributed by atoms with Crippen LogP contribution in [0.4, 0.5) is 0 Å². The summed E-state index contributed by atoms with van der Waals surface area (Å²) in [5, 5.41) is 0. The molecule has 0 aromatic heterocycles. The molecule has 84 valence electrons. The third-order valence-electron chi connectivity index (χ3n) is 2.25. The van der Waals surface area contributed by atoms with Gasteiger partial charge in [0.05, 0.1) is 11.6 Å². The first-order valence-electron chi connectivity index (χ1n) is 5.02. The number of methoxy groups -OCH3 is 1. The molecule has 0 fully saturated rings. The van der Waals surface area contributed by atoms with Crippen molar-refractivity contribution in [2.75, 3.05) is 20.3 Å². The van der Waals surface area contributed by atoms with Crippen LogP contribution in [0, 0.1) is 0 Å². The van der Waals surface area contributed by atoms with Crippen LogP contribution < -0.4 is 5.73 Å². The summed E-state index contributed by atoms with van der Waals surface area (Å²) in [6, 6.07) is 0.906. The third kappa shape index (κ3) is 5.52. The molecule has 0 aliphatic rings. The molecule has 0 aliphatic carbocycles. The highest BCUT2D eigenvalue weighted by Gasteiger charge is 2.16. The summed E-state index contributed by atoms with van der Waals surface area (Å²) in [5.74, 6) is 0. The fraction of sp³-hybridized carbons (Fsp3) is 0.900. The maximum atomic E-state index is 5.49. The van der Waals surface area contributed by atoms with Crippen molar-refractivity contribution in [2.45, 2.75) is 39.3 Å². The van der Waals surface area contributed by atoms with Crippen molar-refractivity contribution in [3.05, 3.63) is 0 Å². The van der Waals surface area contributed by atoms with E-state index in [-0.39, 0.29) is 0 Å². The molecular weight excluding hydrogens is 196 g/mol. The minimum absolute atomic E-state index is 0.411. The molecule has 0 radical (unpaired) electrons. The van der Waals surface area contributed by atoms with Gasteiger partial charge in [-0.25, -0.2) is 0 Å². The van der Waals surface area contributed by atoms with Crippen LogP contribution in [0.5, 0.6) is 0 Å². The average molecular weight is 218 g/mol. The second-order valence-electron chi connectivity index (χ2n) is 3.85. The van der Waals surface area contributed by atoms with Crippen molar-refractivity contribution in [1.82, 2.24) is 4.90 Å². The number of hydrogen-bond acceptors (Lipinski definition) is 3. The van der Waals surface area contributed by atoms with E-state index in [1.54, 1.807) is 7.11 Å². The van der Waals surface area contributed by atoms with Crippen LogP contribution in [0.3, 0.4) is 0 Å². The van der Waals surface area contributed by atoms with E-state index in [2.05, 4.69) is 25.7 Å². The number of thiocarbonyl (C=S) groups is 1. The van der Waals surface area contributed by atoms with E-state index in [0.29, 0.717) is 17.1 Å². The van der Waals surface area contributed by atoms with E-state index in [0.717, 1.165) is 19.6 Å². The lowest BCUT2D eigenvalue weighted by atomic mass is 10.2. The molecule has 0 heterocycles. The highest BCUT2D eigenvalue weighted by Crippen LogP contribution is 2.06. The zero-order valence-electron chi connectivity index (χ0n) is 9.62. The summed E-state index contributed by atoms with van der Waals surface area (Å²) >= 11 is 4.87. The summed E-state index contributed by atoms with van der Waals surface area (Å²) in [7, 11) is 1.72. The SMILES string of the molecule is COCC(C)N(CCC(N)=S)C(C)C. The molecule has 1 unspecified atom stereocenters. The lowest BCUT2D eigenvalue weighted by molar-refractivity contribution is 0.0815. The van der Waals surface area contributed by atoms with Crippen molar-refractivity contribution >= 4 is 17.2 Å². The zero-order valence-corrected chi connectivity index (χ0v) is 10.4. The van der Waals surface area contributed by atoms with Crippen molar-refractivity contribution in [2.24, 2.45) is 5.73 Å². The topological polar surface area (TPSA) is 38.5 Å². The molecule has 0 saturated heterocycles. The predicted octanol–water partition coefficient (Wildman–Crippen LogP) is 1.41. The molecule has 1 atom stereocenters. The van der Waals surface area contributed by atoms with Crippen LogP contribution >= 0.6 is 12.2 Å². The molecule has 2 N–H and O–H groups in total. The van der Waals surface area contributed by atoms with E-state index in [9.17, 15) is 0 Å². The van der Waals surface area contributed by atoms with Gasteiger partial charge in [-0.15, -0.1) is 0 Å². The van der Waals surface area contributed by atoms with Gasteiger partial charge in [-0.05, 0) is 20.8 Å². The zero-order chi connectivity index (χ0) is 11.1. The maximum Gasteiger partial charge on any atom is 0.0740 e. The summed E-state index contributed by atoms with van der Waals surface area (Å²) in [6.07, 6.45) is 0.779. The van der Waals surface area contributed by atoms with Crippen molar-refractivity contribution in [3.63, 3.8) is 0 Å². The Morgan fingerprint density at radius 2 is 2.00 bits per heavy atom. The van der Waals surface area contributed by atoms with E-state index in [1.807, 2.05) is 0 Å². The molecule has 0 aromatic rings. The lowest BCUT2D eigenvalue weighted by Crippen LogP contribution is -2.42. The summed E-state index contributed by atoms with van der Waals surface area (Å²) in [6.45, 7) is 8.16. The van der Waals surface area contributed by atoms with Crippen molar-refractivity contribution in [3.8, 4) is 0 Å². The molecule has 0 saturated carbocycles. The number of ether oxygens (including phenoxy) is 1. The smallest absolute Gasteiger partial charge is 0.0740 e. The normalized spacial score (nSPS) is 13.6. The van der Waals surface area contributed by atoms with Gasteiger partial charge in [-0.3, -0.25) is 4.90 Å². The van der Waals surface area contributed by atoms with Crippen LogP contribution in [0.25, 0.3) is 0 Å². The molecule has 0 spiro atoms. The Labute approximate surface area is 92.6 Å². The Kier molecular flexibility index (Phi) is 7.05.